The van der Waals surface area contributed by atoms with Crippen LogP contribution in [0.15, 0.2) is 48.5 Å². The Morgan fingerprint density at radius 1 is 1.12 bits per heavy atom. The van der Waals surface area contributed by atoms with E-state index in [4.69, 9.17) is 11.6 Å². The average Bonchev–Trinajstić information content (AvgIpc) is 2.64. The maximum absolute atomic E-state index is 12.6. The molecule has 1 atom stereocenters. The fraction of sp³-hybridized carbons (Fsp3) is 0.300. The smallest absolute Gasteiger partial charge is 0.253 e. The number of rotatable bonds is 3. The summed E-state index contributed by atoms with van der Waals surface area (Å²) in [6.07, 6.45) is 1.62. The summed E-state index contributed by atoms with van der Waals surface area (Å²) < 4.78 is 0. The number of benzene rings is 2. The molecule has 1 N–H and O–H groups in total. The van der Waals surface area contributed by atoms with Crippen LogP contribution in [0, 0.1) is 12.8 Å². The van der Waals surface area contributed by atoms with Gasteiger partial charge in [0.1, 0.15) is 0 Å². The van der Waals surface area contributed by atoms with E-state index in [1.54, 1.807) is 29.2 Å². The number of carbonyl (C=O) groups is 2. The van der Waals surface area contributed by atoms with E-state index >= 15 is 0 Å². The Kier molecular flexibility index (Phi) is 5.39. The number of hydrogen-bond acceptors (Lipinski definition) is 2. The van der Waals surface area contributed by atoms with Gasteiger partial charge in [-0.2, -0.15) is 0 Å². The third-order valence-corrected chi connectivity index (χ3v) is 4.83. The van der Waals surface area contributed by atoms with Crippen LogP contribution in [-0.2, 0) is 4.79 Å². The van der Waals surface area contributed by atoms with Crippen molar-refractivity contribution >= 4 is 29.1 Å². The molecule has 1 fully saturated rings. The molecular formula is C20H21ClN2O2. The van der Waals surface area contributed by atoms with Crippen molar-refractivity contribution in [1.82, 2.24) is 4.90 Å². The van der Waals surface area contributed by atoms with Crippen LogP contribution in [0.5, 0.6) is 0 Å². The first kappa shape index (κ1) is 17.5. The fourth-order valence-electron chi connectivity index (χ4n) is 3.10. The minimum absolute atomic E-state index is 0.0251. The number of nitrogens with zero attached hydrogens (tertiary/aromatic N) is 1. The normalized spacial score (nSPS) is 17.2. The highest BCUT2D eigenvalue weighted by atomic mass is 35.5. The molecule has 3 rings (SSSR count). The molecule has 0 aromatic heterocycles. The minimum atomic E-state index is -0.190. The second-order valence-corrected chi connectivity index (χ2v) is 6.84. The molecule has 0 bridgehead atoms. The van der Waals surface area contributed by atoms with Crippen LogP contribution < -0.4 is 5.32 Å². The molecule has 0 spiro atoms. The summed E-state index contributed by atoms with van der Waals surface area (Å²) in [4.78, 5) is 27.0. The maximum Gasteiger partial charge on any atom is 0.253 e. The lowest BCUT2D eigenvalue weighted by molar-refractivity contribution is -0.121. The fourth-order valence-corrected chi connectivity index (χ4v) is 3.22. The van der Waals surface area contributed by atoms with Gasteiger partial charge in [-0.1, -0.05) is 29.8 Å². The molecule has 25 heavy (non-hydrogen) atoms. The quantitative estimate of drug-likeness (QED) is 0.898. The van der Waals surface area contributed by atoms with Gasteiger partial charge < -0.3 is 10.2 Å². The molecule has 130 valence electrons. The molecule has 2 aromatic carbocycles. The van der Waals surface area contributed by atoms with Crippen molar-refractivity contribution in [1.29, 1.82) is 0 Å². The van der Waals surface area contributed by atoms with Crippen LogP contribution >= 0.6 is 11.6 Å². The predicted octanol–water partition coefficient (Wildman–Crippen LogP) is 4.14. The standard InChI is InChI=1S/C20H21ClN2O2/c1-14-5-2-3-7-18(14)22-19(24)16-6-4-12-23(13-16)20(25)15-8-10-17(21)11-9-15/h2-3,5,7-11,16H,4,6,12-13H2,1H3,(H,22,24). The second kappa shape index (κ2) is 7.70. The molecule has 0 saturated carbocycles. The first-order valence-corrected chi connectivity index (χ1v) is 8.84. The first-order valence-electron chi connectivity index (χ1n) is 8.46. The summed E-state index contributed by atoms with van der Waals surface area (Å²) in [5.41, 5.74) is 2.46. The van der Waals surface area contributed by atoms with Crippen LogP contribution in [-0.4, -0.2) is 29.8 Å². The zero-order valence-electron chi connectivity index (χ0n) is 14.2. The van der Waals surface area contributed by atoms with E-state index in [2.05, 4.69) is 5.32 Å². The van der Waals surface area contributed by atoms with Crippen molar-refractivity contribution in [3.8, 4) is 0 Å². The Bertz CT molecular complexity index is 774. The Balaban J connectivity index is 1.66. The molecule has 0 aliphatic carbocycles. The number of piperidine rings is 1. The van der Waals surface area contributed by atoms with Crippen molar-refractivity contribution < 1.29 is 9.59 Å². The zero-order valence-corrected chi connectivity index (χ0v) is 14.9. The van der Waals surface area contributed by atoms with E-state index in [1.807, 2.05) is 31.2 Å². The van der Waals surface area contributed by atoms with Crippen molar-refractivity contribution in [2.75, 3.05) is 18.4 Å². The molecule has 1 unspecified atom stereocenters. The number of anilines is 1. The van der Waals surface area contributed by atoms with Gasteiger partial charge in [-0.3, -0.25) is 9.59 Å². The SMILES string of the molecule is Cc1ccccc1NC(=O)C1CCCN(C(=O)c2ccc(Cl)cc2)C1. The highest BCUT2D eigenvalue weighted by Crippen LogP contribution is 2.22. The summed E-state index contributed by atoms with van der Waals surface area (Å²) in [6.45, 7) is 3.08. The first-order chi connectivity index (χ1) is 12.0. The predicted molar refractivity (Wildman–Crippen MR) is 99.9 cm³/mol. The maximum atomic E-state index is 12.6. The summed E-state index contributed by atoms with van der Waals surface area (Å²) in [7, 11) is 0. The lowest BCUT2D eigenvalue weighted by Gasteiger charge is -2.32. The molecule has 2 aromatic rings. The monoisotopic (exact) mass is 356 g/mol. The third-order valence-electron chi connectivity index (χ3n) is 4.57. The minimum Gasteiger partial charge on any atom is -0.338 e. The van der Waals surface area contributed by atoms with E-state index in [-0.39, 0.29) is 17.7 Å². The number of hydrogen-bond donors (Lipinski definition) is 1. The molecular weight excluding hydrogens is 336 g/mol. The van der Waals surface area contributed by atoms with Gasteiger partial charge in [0.2, 0.25) is 5.91 Å². The van der Waals surface area contributed by atoms with Crippen LogP contribution in [0.3, 0.4) is 0 Å². The number of likely N-dealkylation sites (tertiary alicyclic amines) is 1. The lowest BCUT2D eigenvalue weighted by atomic mass is 9.96. The summed E-state index contributed by atoms with van der Waals surface area (Å²) >= 11 is 5.88. The van der Waals surface area contributed by atoms with Crippen LogP contribution in [0.1, 0.15) is 28.8 Å². The highest BCUT2D eigenvalue weighted by Gasteiger charge is 2.29. The number of halogens is 1. The molecule has 1 heterocycles. The van der Waals surface area contributed by atoms with E-state index in [0.29, 0.717) is 23.7 Å². The molecule has 1 aliphatic rings. The summed E-state index contributed by atoms with van der Waals surface area (Å²) in [5, 5.41) is 3.59. The second-order valence-electron chi connectivity index (χ2n) is 6.40. The summed E-state index contributed by atoms with van der Waals surface area (Å²) in [5.74, 6) is -0.266. The number of aryl methyl sites for hydroxylation is 1. The van der Waals surface area contributed by atoms with Crippen molar-refractivity contribution in [3.05, 3.63) is 64.7 Å². The average molecular weight is 357 g/mol. The largest absolute Gasteiger partial charge is 0.338 e. The number of carbonyl (C=O) groups excluding carboxylic acids is 2. The van der Waals surface area contributed by atoms with E-state index in [0.717, 1.165) is 24.1 Å². The molecule has 0 radical (unpaired) electrons. The van der Waals surface area contributed by atoms with Gasteiger partial charge in [-0.05, 0) is 55.7 Å². The van der Waals surface area contributed by atoms with Crippen LogP contribution in [0.4, 0.5) is 5.69 Å². The zero-order chi connectivity index (χ0) is 17.8. The van der Waals surface area contributed by atoms with Gasteiger partial charge in [0, 0.05) is 29.4 Å². The Hall–Kier alpha value is -2.33. The number of para-hydroxylation sites is 1. The van der Waals surface area contributed by atoms with E-state index in [9.17, 15) is 9.59 Å². The topological polar surface area (TPSA) is 49.4 Å². The van der Waals surface area contributed by atoms with Gasteiger partial charge in [-0.15, -0.1) is 0 Å². The van der Waals surface area contributed by atoms with Crippen molar-refractivity contribution in [2.24, 2.45) is 5.92 Å². The Morgan fingerprint density at radius 2 is 1.84 bits per heavy atom. The van der Waals surface area contributed by atoms with Crippen molar-refractivity contribution in [3.63, 3.8) is 0 Å². The molecule has 5 heteroatoms. The molecule has 4 nitrogen and oxygen atoms in total. The third kappa shape index (κ3) is 4.20. The van der Waals surface area contributed by atoms with Crippen molar-refractivity contribution in [2.45, 2.75) is 19.8 Å². The Morgan fingerprint density at radius 3 is 2.56 bits per heavy atom. The number of amides is 2. The van der Waals surface area contributed by atoms with Gasteiger partial charge in [-0.25, -0.2) is 0 Å². The Labute approximate surface area is 152 Å². The van der Waals surface area contributed by atoms with Crippen LogP contribution in [0.25, 0.3) is 0 Å². The van der Waals surface area contributed by atoms with Gasteiger partial charge >= 0.3 is 0 Å². The highest BCUT2D eigenvalue weighted by molar-refractivity contribution is 6.30. The molecule has 2 amide bonds. The van der Waals surface area contributed by atoms with Crippen LogP contribution in [0.2, 0.25) is 5.02 Å². The van der Waals surface area contributed by atoms with Gasteiger partial charge in [0.15, 0.2) is 0 Å². The number of nitrogens with one attached hydrogen (secondary N) is 1. The van der Waals surface area contributed by atoms with E-state index < -0.39 is 0 Å². The molecule has 1 aliphatic heterocycles. The molecule has 1 saturated heterocycles. The van der Waals surface area contributed by atoms with E-state index in [1.165, 1.54) is 0 Å². The van der Waals surface area contributed by atoms with Gasteiger partial charge in [0.05, 0.1) is 5.92 Å². The lowest BCUT2D eigenvalue weighted by Crippen LogP contribution is -2.43. The summed E-state index contributed by atoms with van der Waals surface area (Å²) in [6, 6.07) is 14.6. The van der Waals surface area contributed by atoms with Gasteiger partial charge in [0.25, 0.3) is 5.91 Å².